The van der Waals surface area contributed by atoms with E-state index in [1.165, 1.54) is 31.0 Å². The lowest BCUT2D eigenvalue weighted by molar-refractivity contribution is -0.138. The van der Waals surface area contributed by atoms with E-state index in [0.717, 1.165) is 50.8 Å². The molecule has 2 aliphatic rings. The van der Waals surface area contributed by atoms with Crippen molar-refractivity contribution in [2.45, 2.75) is 37.0 Å². The van der Waals surface area contributed by atoms with Crippen molar-refractivity contribution < 1.29 is 26.7 Å². The third-order valence-electron chi connectivity index (χ3n) is 7.65. The van der Waals surface area contributed by atoms with Crippen LogP contribution < -0.4 is 15.6 Å². The van der Waals surface area contributed by atoms with Crippen LogP contribution in [0.5, 0.6) is 5.75 Å². The lowest BCUT2D eigenvalue weighted by atomic mass is 9.92. The minimum Gasteiger partial charge on any atom is -0.494 e. The highest BCUT2D eigenvalue weighted by Gasteiger charge is 2.37. The van der Waals surface area contributed by atoms with Crippen LogP contribution in [0.1, 0.15) is 34.7 Å². The number of hydrogen-bond acceptors (Lipinski definition) is 5. The second-order valence-electron chi connectivity index (χ2n) is 10.1. The van der Waals surface area contributed by atoms with E-state index < -0.39 is 40.9 Å². The lowest BCUT2D eigenvalue weighted by Crippen LogP contribution is -2.37. The Hall–Kier alpha value is -2.89. The molecule has 2 aliphatic heterocycles. The van der Waals surface area contributed by atoms with Gasteiger partial charge in [0.2, 0.25) is 0 Å². The van der Waals surface area contributed by atoms with Crippen molar-refractivity contribution in [1.29, 1.82) is 0 Å². The Morgan fingerprint density at radius 3 is 2.60 bits per heavy atom. The molecule has 2 aromatic carbocycles. The summed E-state index contributed by atoms with van der Waals surface area (Å²) in [6.45, 7) is 5.52. The molecule has 1 N–H and O–H groups in total. The number of pyridine rings is 1. The highest BCUT2D eigenvalue weighted by molar-refractivity contribution is 7.99. The van der Waals surface area contributed by atoms with E-state index in [1.54, 1.807) is 17.6 Å². The molecule has 1 unspecified atom stereocenters. The summed E-state index contributed by atoms with van der Waals surface area (Å²) in [4.78, 5) is 16.4. The van der Waals surface area contributed by atoms with Gasteiger partial charge in [-0.3, -0.25) is 14.3 Å². The molecule has 40 heavy (non-hydrogen) atoms. The monoisotopic (exact) mass is 579 g/mol. The maximum absolute atomic E-state index is 15.5. The summed E-state index contributed by atoms with van der Waals surface area (Å²) in [6.07, 6.45) is -4.21. The molecule has 0 saturated carbocycles. The van der Waals surface area contributed by atoms with Crippen molar-refractivity contribution in [3.8, 4) is 16.9 Å². The number of fused-ring (bicyclic) bond motifs is 1. The van der Waals surface area contributed by atoms with Crippen molar-refractivity contribution in [2.24, 2.45) is 0 Å². The molecule has 0 aliphatic carbocycles. The third-order valence-corrected chi connectivity index (χ3v) is 8.91. The molecule has 0 spiro atoms. The average molecular weight is 580 g/mol. The Kier molecular flexibility index (Phi) is 8.26. The molecule has 0 amide bonds. The highest BCUT2D eigenvalue weighted by atomic mass is 32.2. The molecule has 3 heterocycles. The Balaban J connectivity index is 1.71. The lowest BCUT2D eigenvalue weighted by Gasteiger charge is -2.26. The topological polar surface area (TPSA) is 46.5 Å². The number of benzene rings is 2. The van der Waals surface area contributed by atoms with Gasteiger partial charge in [-0.2, -0.15) is 13.2 Å². The van der Waals surface area contributed by atoms with E-state index >= 15 is 4.39 Å². The van der Waals surface area contributed by atoms with E-state index in [2.05, 4.69) is 10.2 Å². The van der Waals surface area contributed by atoms with Gasteiger partial charge < -0.3 is 10.1 Å². The molecule has 1 atom stereocenters. The predicted octanol–water partition coefficient (Wildman–Crippen LogP) is 5.66. The number of halogens is 5. The fourth-order valence-corrected chi connectivity index (χ4v) is 7.03. The molecule has 5 rings (SSSR count). The molecule has 0 radical (unpaired) electrons. The number of ether oxygens (including phenoxy) is 1. The molecule has 3 aromatic rings. The normalized spacial score (nSPS) is 18.0. The zero-order valence-corrected chi connectivity index (χ0v) is 23.0. The van der Waals surface area contributed by atoms with Crippen LogP contribution >= 0.6 is 11.8 Å². The Bertz CT molecular complexity index is 1470. The summed E-state index contributed by atoms with van der Waals surface area (Å²) >= 11 is 1.38. The van der Waals surface area contributed by atoms with Gasteiger partial charge in [0.15, 0.2) is 11.6 Å². The van der Waals surface area contributed by atoms with Crippen LogP contribution in [0.15, 0.2) is 46.2 Å². The van der Waals surface area contributed by atoms with Gasteiger partial charge in [0.1, 0.15) is 5.82 Å². The van der Waals surface area contributed by atoms with E-state index in [-0.39, 0.29) is 22.9 Å². The van der Waals surface area contributed by atoms with Gasteiger partial charge in [-0.25, -0.2) is 8.78 Å². The minimum atomic E-state index is -4.77. The smallest absolute Gasteiger partial charge is 0.416 e. The fourth-order valence-electron chi connectivity index (χ4n) is 5.65. The number of aromatic nitrogens is 1. The Labute approximate surface area is 233 Å². The molecule has 1 fully saturated rings. The van der Waals surface area contributed by atoms with Crippen LogP contribution in [0.25, 0.3) is 11.1 Å². The van der Waals surface area contributed by atoms with E-state index in [9.17, 15) is 22.4 Å². The largest absolute Gasteiger partial charge is 0.494 e. The van der Waals surface area contributed by atoms with Gasteiger partial charge in [0.05, 0.1) is 29.3 Å². The van der Waals surface area contributed by atoms with E-state index in [0.29, 0.717) is 28.5 Å². The van der Waals surface area contributed by atoms with Crippen LogP contribution in [0.4, 0.5) is 22.0 Å². The predicted molar refractivity (Wildman–Crippen MR) is 145 cm³/mol. The first-order valence-corrected chi connectivity index (χ1v) is 14.1. The van der Waals surface area contributed by atoms with Crippen LogP contribution in [0.3, 0.4) is 0 Å². The summed E-state index contributed by atoms with van der Waals surface area (Å²) in [5.74, 6) is -1.25. The Morgan fingerprint density at radius 2 is 1.85 bits per heavy atom. The van der Waals surface area contributed by atoms with Crippen LogP contribution in [0, 0.1) is 18.6 Å². The Morgan fingerprint density at radius 1 is 1.07 bits per heavy atom. The first-order chi connectivity index (χ1) is 19.1. The van der Waals surface area contributed by atoms with Crippen LogP contribution in [0.2, 0.25) is 0 Å². The summed E-state index contributed by atoms with van der Waals surface area (Å²) in [5, 5.41) is 3.85. The van der Waals surface area contributed by atoms with E-state index in [1.807, 2.05) is 0 Å². The van der Waals surface area contributed by atoms with Crippen LogP contribution in [-0.4, -0.2) is 55.1 Å². The van der Waals surface area contributed by atoms with Crippen molar-refractivity contribution in [3.63, 3.8) is 0 Å². The van der Waals surface area contributed by atoms with Gasteiger partial charge in [-0.05, 0) is 55.8 Å². The number of thioether (sulfide) groups is 1. The molecular formula is C29H30F5N3O2S. The van der Waals surface area contributed by atoms with Crippen molar-refractivity contribution in [3.05, 3.63) is 80.6 Å². The molecular weight excluding hydrogens is 549 g/mol. The fraction of sp³-hybridized carbons (Fsp3) is 0.414. The van der Waals surface area contributed by atoms with Gasteiger partial charge >= 0.3 is 6.18 Å². The van der Waals surface area contributed by atoms with Gasteiger partial charge in [0.25, 0.3) is 5.56 Å². The second kappa shape index (κ2) is 11.5. The molecule has 5 nitrogen and oxygen atoms in total. The quantitative estimate of drug-likeness (QED) is 0.382. The molecule has 1 aromatic heterocycles. The average Bonchev–Trinajstić information content (AvgIpc) is 3.14. The first-order valence-electron chi connectivity index (χ1n) is 13.1. The maximum Gasteiger partial charge on any atom is 0.416 e. The van der Waals surface area contributed by atoms with Crippen molar-refractivity contribution in [1.82, 2.24) is 14.8 Å². The molecule has 11 heteroatoms. The van der Waals surface area contributed by atoms with Crippen molar-refractivity contribution in [2.75, 3.05) is 45.6 Å². The molecule has 0 bridgehead atoms. The van der Waals surface area contributed by atoms with Gasteiger partial charge in [0, 0.05) is 42.9 Å². The summed E-state index contributed by atoms with van der Waals surface area (Å²) in [5.41, 5.74) is -1.23. The van der Waals surface area contributed by atoms with E-state index in [4.69, 9.17) is 4.74 Å². The summed E-state index contributed by atoms with van der Waals surface area (Å²) in [6, 6.07) is 7.06. The third kappa shape index (κ3) is 5.38. The molecule has 1 saturated heterocycles. The standard InChI is InChI=1S/C29H30F5N3O2S/c1-17-20(14-21-22(29(32,33)34)7-4-8-23(21)30)28-37(18(16-40-28)15-36-12-5-10-35-11-13-36)27(38)25(17)19-6-3-9-24(39-2)26(19)31/h3-4,6-9,18,35H,5,10-16H2,1-2H3. The number of alkyl halides is 3. The maximum atomic E-state index is 15.5. The minimum absolute atomic E-state index is 0.00222. The number of nitrogens with one attached hydrogen (secondary N) is 1. The van der Waals surface area contributed by atoms with Gasteiger partial charge in [-0.15, -0.1) is 11.8 Å². The zero-order chi connectivity index (χ0) is 28.6. The first kappa shape index (κ1) is 28.6. The van der Waals surface area contributed by atoms with Gasteiger partial charge in [-0.1, -0.05) is 18.2 Å². The highest BCUT2D eigenvalue weighted by Crippen LogP contribution is 2.42. The SMILES string of the molecule is COc1cccc(-c2c(C)c(Cc3c(F)cccc3C(F)(F)F)c3n(c2=O)C(CN2CCCNCC2)CS3)c1F. The second-order valence-corrected chi connectivity index (χ2v) is 11.1. The number of rotatable bonds is 6. The summed E-state index contributed by atoms with van der Waals surface area (Å²) < 4.78 is 78.9. The molecule has 214 valence electrons. The van der Waals surface area contributed by atoms with Crippen molar-refractivity contribution >= 4 is 11.8 Å². The zero-order valence-electron chi connectivity index (χ0n) is 22.2. The number of hydrogen-bond donors (Lipinski definition) is 1. The van der Waals surface area contributed by atoms with Crippen LogP contribution in [-0.2, 0) is 12.6 Å². The number of methoxy groups -OCH3 is 1. The number of nitrogens with zero attached hydrogens (tertiary/aromatic N) is 2. The summed E-state index contributed by atoms with van der Waals surface area (Å²) in [7, 11) is 1.32.